The minimum Gasteiger partial charge on any atom is -0.342 e. The molecular formula is C18H29N3O4. The minimum atomic E-state index is -0.226. The fourth-order valence-electron chi connectivity index (χ4n) is 3.82. The highest BCUT2D eigenvalue weighted by atomic mass is 16.2. The van der Waals surface area contributed by atoms with Gasteiger partial charge in [-0.25, -0.2) is 0 Å². The van der Waals surface area contributed by atoms with E-state index in [1.54, 1.807) is 11.9 Å². The summed E-state index contributed by atoms with van der Waals surface area (Å²) in [6, 6.07) is 0. The largest absolute Gasteiger partial charge is 0.342 e. The Bertz CT molecular complexity index is 520. The molecule has 0 bridgehead atoms. The van der Waals surface area contributed by atoms with Crippen LogP contribution in [0, 0.1) is 11.8 Å². The van der Waals surface area contributed by atoms with E-state index < -0.39 is 0 Å². The van der Waals surface area contributed by atoms with Crippen molar-refractivity contribution in [2.45, 2.75) is 46.0 Å². The maximum Gasteiger partial charge on any atom is 0.242 e. The molecule has 1 aliphatic carbocycles. The van der Waals surface area contributed by atoms with E-state index in [9.17, 15) is 19.2 Å². The summed E-state index contributed by atoms with van der Waals surface area (Å²) in [6.45, 7) is 5.15. The molecule has 0 N–H and O–H groups in total. The highest BCUT2D eigenvalue weighted by Gasteiger charge is 2.47. The number of hydrogen-bond donors (Lipinski definition) is 0. The van der Waals surface area contributed by atoms with Crippen LogP contribution in [0.2, 0.25) is 0 Å². The van der Waals surface area contributed by atoms with Gasteiger partial charge in [-0.05, 0) is 26.7 Å². The normalized spacial score (nSPS) is 22.8. The van der Waals surface area contributed by atoms with Crippen molar-refractivity contribution >= 4 is 23.6 Å². The lowest BCUT2D eigenvalue weighted by atomic mass is 9.81. The van der Waals surface area contributed by atoms with Crippen molar-refractivity contribution < 1.29 is 19.2 Å². The Morgan fingerprint density at radius 2 is 1.52 bits per heavy atom. The van der Waals surface area contributed by atoms with Crippen LogP contribution in [0.5, 0.6) is 0 Å². The van der Waals surface area contributed by atoms with E-state index in [0.29, 0.717) is 13.1 Å². The molecule has 140 valence electrons. The number of imide groups is 1. The third kappa shape index (κ3) is 4.19. The Balaban J connectivity index is 1.86. The number of carbonyl (C=O) groups is 4. The van der Waals surface area contributed by atoms with Crippen LogP contribution in [0.1, 0.15) is 46.0 Å². The van der Waals surface area contributed by atoms with Gasteiger partial charge in [-0.15, -0.1) is 0 Å². The maximum absolute atomic E-state index is 12.4. The second-order valence-corrected chi connectivity index (χ2v) is 6.89. The van der Waals surface area contributed by atoms with Crippen molar-refractivity contribution in [3.8, 4) is 0 Å². The summed E-state index contributed by atoms with van der Waals surface area (Å²) in [5.41, 5.74) is 0. The molecule has 2 unspecified atom stereocenters. The van der Waals surface area contributed by atoms with E-state index in [-0.39, 0.29) is 55.0 Å². The van der Waals surface area contributed by atoms with E-state index >= 15 is 0 Å². The first-order chi connectivity index (χ1) is 11.9. The van der Waals surface area contributed by atoms with Gasteiger partial charge in [-0.3, -0.25) is 24.1 Å². The highest BCUT2D eigenvalue weighted by Crippen LogP contribution is 2.37. The van der Waals surface area contributed by atoms with E-state index in [0.717, 1.165) is 25.7 Å². The summed E-state index contributed by atoms with van der Waals surface area (Å²) in [6.07, 6.45) is 3.60. The molecule has 0 aromatic carbocycles. The van der Waals surface area contributed by atoms with Gasteiger partial charge in [0.2, 0.25) is 23.6 Å². The maximum atomic E-state index is 12.4. The van der Waals surface area contributed by atoms with Crippen molar-refractivity contribution in [1.82, 2.24) is 14.7 Å². The third-order valence-corrected chi connectivity index (χ3v) is 5.40. The average Bonchev–Trinajstić information content (AvgIpc) is 2.85. The van der Waals surface area contributed by atoms with Gasteiger partial charge in [-0.2, -0.15) is 0 Å². The Morgan fingerprint density at radius 3 is 2.00 bits per heavy atom. The Kier molecular flexibility index (Phi) is 6.56. The second kappa shape index (κ2) is 8.45. The number of likely N-dealkylation sites (tertiary alicyclic amines) is 1. The van der Waals surface area contributed by atoms with Crippen molar-refractivity contribution in [2.24, 2.45) is 11.8 Å². The first-order valence-corrected chi connectivity index (χ1v) is 9.27. The molecule has 2 atom stereocenters. The topological polar surface area (TPSA) is 78.0 Å². The van der Waals surface area contributed by atoms with Gasteiger partial charge in [0.1, 0.15) is 0 Å². The molecule has 2 rings (SSSR count). The number of fused-ring (bicyclic) bond motifs is 1. The van der Waals surface area contributed by atoms with Gasteiger partial charge < -0.3 is 9.80 Å². The fraction of sp³-hybridized carbons (Fsp3) is 0.778. The van der Waals surface area contributed by atoms with Crippen LogP contribution in [0.25, 0.3) is 0 Å². The second-order valence-electron chi connectivity index (χ2n) is 6.89. The lowest BCUT2D eigenvalue weighted by Crippen LogP contribution is -2.42. The molecule has 0 aromatic heterocycles. The Hall–Kier alpha value is -1.92. The van der Waals surface area contributed by atoms with Crippen LogP contribution < -0.4 is 0 Å². The lowest BCUT2D eigenvalue weighted by Gasteiger charge is -2.24. The Morgan fingerprint density at radius 1 is 1.00 bits per heavy atom. The predicted octanol–water partition coefficient (Wildman–Crippen LogP) is 0.878. The molecule has 1 saturated carbocycles. The summed E-state index contributed by atoms with van der Waals surface area (Å²) in [5.74, 6) is -0.929. The van der Waals surface area contributed by atoms with Crippen molar-refractivity contribution in [2.75, 3.05) is 33.2 Å². The predicted molar refractivity (Wildman–Crippen MR) is 92.4 cm³/mol. The summed E-state index contributed by atoms with van der Waals surface area (Å²) >= 11 is 0. The van der Waals surface area contributed by atoms with Crippen molar-refractivity contribution in [3.05, 3.63) is 0 Å². The van der Waals surface area contributed by atoms with Crippen molar-refractivity contribution in [1.29, 1.82) is 0 Å². The zero-order valence-corrected chi connectivity index (χ0v) is 15.5. The standard InChI is InChI=1S/C18H29N3O4/c1-4-20(5-2)16(23)12-19(3)15(22)10-11-21-17(24)13-8-6-7-9-14(13)18(21)25/h13-14H,4-12H2,1-3H3. The molecular weight excluding hydrogens is 322 g/mol. The van der Waals surface area contributed by atoms with E-state index in [2.05, 4.69) is 0 Å². The lowest BCUT2D eigenvalue weighted by molar-refractivity contribution is -0.142. The van der Waals surface area contributed by atoms with Gasteiger partial charge in [0.25, 0.3) is 0 Å². The molecule has 2 fully saturated rings. The zero-order chi connectivity index (χ0) is 18.6. The van der Waals surface area contributed by atoms with Gasteiger partial charge in [0.05, 0.1) is 18.4 Å². The average molecular weight is 351 g/mol. The van der Waals surface area contributed by atoms with Crippen LogP contribution in [0.3, 0.4) is 0 Å². The SMILES string of the molecule is CCN(CC)C(=O)CN(C)C(=O)CCN1C(=O)C2CCCCC2C1=O. The zero-order valence-electron chi connectivity index (χ0n) is 15.5. The molecule has 0 radical (unpaired) electrons. The summed E-state index contributed by atoms with van der Waals surface area (Å²) in [7, 11) is 1.58. The van der Waals surface area contributed by atoms with Crippen molar-refractivity contribution in [3.63, 3.8) is 0 Å². The number of hydrogen-bond acceptors (Lipinski definition) is 4. The molecule has 1 aliphatic heterocycles. The summed E-state index contributed by atoms with van der Waals surface area (Å²) in [4.78, 5) is 53.4. The third-order valence-electron chi connectivity index (χ3n) is 5.40. The number of nitrogens with zero attached hydrogens (tertiary/aromatic N) is 3. The molecule has 4 amide bonds. The van der Waals surface area contributed by atoms with Crippen LogP contribution in [0.4, 0.5) is 0 Å². The van der Waals surface area contributed by atoms with Crippen LogP contribution in [0.15, 0.2) is 0 Å². The number of likely N-dealkylation sites (N-methyl/N-ethyl adjacent to an activating group) is 2. The molecule has 25 heavy (non-hydrogen) atoms. The molecule has 0 spiro atoms. The Labute approximate surface area is 149 Å². The van der Waals surface area contributed by atoms with Gasteiger partial charge >= 0.3 is 0 Å². The minimum absolute atomic E-state index is 0.0215. The molecule has 7 nitrogen and oxygen atoms in total. The summed E-state index contributed by atoms with van der Waals surface area (Å²) in [5, 5.41) is 0. The quantitative estimate of drug-likeness (QED) is 0.638. The van der Waals surface area contributed by atoms with Gasteiger partial charge in [0, 0.05) is 33.1 Å². The monoisotopic (exact) mass is 351 g/mol. The van der Waals surface area contributed by atoms with Crippen LogP contribution in [-0.4, -0.2) is 71.6 Å². The molecule has 1 heterocycles. The summed E-state index contributed by atoms with van der Waals surface area (Å²) < 4.78 is 0. The van der Waals surface area contributed by atoms with E-state index in [1.165, 1.54) is 9.80 Å². The van der Waals surface area contributed by atoms with Gasteiger partial charge in [0.15, 0.2) is 0 Å². The van der Waals surface area contributed by atoms with Crippen LogP contribution in [-0.2, 0) is 19.2 Å². The smallest absolute Gasteiger partial charge is 0.242 e. The first kappa shape index (κ1) is 19.4. The van der Waals surface area contributed by atoms with Gasteiger partial charge in [-0.1, -0.05) is 12.8 Å². The highest BCUT2D eigenvalue weighted by molar-refractivity contribution is 6.05. The van der Waals surface area contributed by atoms with E-state index in [1.807, 2.05) is 13.8 Å². The fourth-order valence-corrected chi connectivity index (χ4v) is 3.82. The number of rotatable bonds is 7. The number of amides is 4. The molecule has 2 aliphatic rings. The van der Waals surface area contributed by atoms with E-state index in [4.69, 9.17) is 0 Å². The molecule has 1 saturated heterocycles. The van der Waals surface area contributed by atoms with Crippen LogP contribution >= 0.6 is 0 Å². The number of carbonyl (C=O) groups excluding carboxylic acids is 4. The molecule has 0 aromatic rings. The molecule has 7 heteroatoms. The first-order valence-electron chi connectivity index (χ1n) is 9.27.